The molecule has 0 spiro atoms. The molecule has 0 unspecified atom stereocenters. The van der Waals surface area contributed by atoms with Gasteiger partial charge in [-0.2, -0.15) is 0 Å². The zero-order valence-corrected chi connectivity index (χ0v) is 17.0. The number of pyridine rings is 2. The quantitative estimate of drug-likeness (QED) is 0.274. The minimum atomic E-state index is -0.457. The first-order valence-corrected chi connectivity index (χ1v) is 9.97. The fourth-order valence-corrected chi connectivity index (χ4v) is 3.38. The Bertz CT molecular complexity index is 1240. The molecule has 0 bridgehead atoms. The van der Waals surface area contributed by atoms with Crippen molar-refractivity contribution in [2.24, 2.45) is 0 Å². The van der Waals surface area contributed by atoms with E-state index in [4.69, 9.17) is 9.47 Å². The van der Waals surface area contributed by atoms with Crippen LogP contribution in [0.2, 0.25) is 0 Å². The number of nitrogens with one attached hydrogen (secondary N) is 1. The van der Waals surface area contributed by atoms with Crippen molar-refractivity contribution in [3.63, 3.8) is 0 Å². The van der Waals surface area contributed by atoms with Crippen LogP contribution in [0.15, 0.2) is 67.1 Å². The molecule has 156 valence electrons. The molecule has 4 rings (SSSR count). The van der Waals surface area contributed by atoms with Crippen molar-refractivity contribution >= 4 is 39.3 Å². The van der Waals surface area contributed by atoms with Crippen molar-refractivity contribution < 1.29 is 19.1 Å². The SMILES string of the molecule is CCOC(=O)c1cnc2c(ccc3ccccc32)c1NCCOC(=O)c1ccncc1. The summed E-state index contributed by atoms with van der Waals surface area (Å²) in [5, 5.41) is 6.08. The van der Waals surface area contributed by atoms with Gasteiger partial charge in [-0.05, 0) is 24.4 Å². The van der Waals surface area contributed by atoms with E-state index >= 15 is 0 Å². The first-order valence-electron chi connectivity index (χ1n) is 9.97. The van der Waals surface area contributed by atoms with Gasteiger partial charge in [-0.25, -0.2) is 9.59 Å². The number of carbonyl (C=O) groups excluding carboxylic acids is 2. The fourth-order valence-electron chi connectivity index (χ4n) is 3.38. The number of carbonyl (C=O) groups is 2. The first-order chi connectivity index (χ1) is 15.2. The standard InChI is InChI=1S/C24H21N3O4/c1-2-30-24(29)20-15-27-21-18-6-4-3-5-16(18)7-8-19(21)22(20)26-13-14-31-23(28)17-9-11-25-12-10-17/h3-12,15H,2,13-14H2,1H3,(H,26,27). The molecule has 0 fully saturated rings. The molecule has 2 heterocycles. The van der Waals surface area contributed by atoms with E-state index in [0.717, 1.165) is 21.7 Å². The van der Waals surface area contributed by atoms with Crippen molar-refractivity contribution in [1.82, 2.24) is 9.97 Å². The summed E-state index contributed by atoms with van der Waals surface area (Å²) >= 11 is 0. The Morgan fingerprint density at radius 1 is 0.935 bits per heavy atom. The van der Waals surface area contributed by atoms with Gasteiger partial charge in [-0.3, -0.25) is 9.97 Å². The van der Waals surface area contributed by atoms with Crippen LogP contribution in [0, 0.1) is 0 Å². The molecule has 0 saturated heterocycles. The topological polar surface area (TPSA) is 90.4 Å². The molecule has 0 saturated carbocycles. The van der Waals surface area contributed by atoms with Gasteiger partial charge in [-0.1, -0.05) is 36.4 Å². The largest absolute Gasteiger partial charge is 0.462 e. The molecule has 2 aromatic heterocycles. The number of hydrogen-bond donors (Lipinski definition) is 1. The number of esters is 2. The maximum Gasteiger partial charge on any atom is 0.341 e. The summed E-state index contributed by atoms with van der Waals surface area (Å²) in [5.41, 5.74) is 2.16. The highest BCUT2D eigenvalue weighted by Gasteiger charge is 2.18. The third-order valence-corrected chi connectivity index (χ3v) is 4.81. The van der Waals surface area contributed by atoms with E-state index in [1.54, 1.807) is 19.1 Å². The summed E-state index contributed by atoms with van der Waals surface area (Å²) in [6.45, 7) is 2.46. The zero-order valence-electron chi connectivity index (χ0n) is 17.0. The molecule has 1 N–H and O–H groups in total. The van der Waals surface area contributed by atoms with E-state index in [1.807, 2.05) is 36.4 Å². The Labute approximate surface area is 179 Å². The molecule has 0 aliphatic heterocycles. The lowest BCUT2D eigenvalue weighted by Crippen LogP contribution is -2.17. The summed E-state index contributed by atoms with van der Waals surface area (Å²) in [6, 6.07) is 15.0. The van der Waals surface area contributed by atoms with Gasteiger partial charge in [0.15, 0.2) is 0 Å². The average Bonchev–Trinajstić information content (AvgIpc) is 2.82. The predicted molar refractivity (Wildman–Crippen MR) is 118 cm³/mol. The number of anilines is 1. The highest BCUT2D eigenvalue weighted by atomic mass is 16.5. The van der Waals surface area contributed by atoms with E-state index in [2.05, 4.69) is 15.3 Å². The van der Waals surface area contributed by atoms with Crippen molar-refractivity contribution in [3.8, 4) is 0 Å². The Balaban J connectivity index is 1.60. The minimum absolute atomic E-state index is 0.126. The third-order valence-electron chi connectivity index (χ3n) is 4.81. The second-order valence-electron chi connectivity index (χ2n) is 6.75. The van der Waals surface area contributed by atoms with Gasteiger partial charge < -0.3 is 14.8 Å². The maximum absolute atomic E-state index is 12.5. The van der Waals surface area contributed by atoms with Crippen molar-refractivity contribution in [2.75, 3.05) is 25.1 Å². The van der Waals surface area contributed by atoms with Crippen molar-refractivity contribution in [2.45, 2.75) is 6.92 Å². The normalized spacial score (nSPS) is 10.7. The number of rotatable bonds is 7. The molecule has 7 nitrogen and oxygen atoms in total. The second kappa shape index (κ2) is 9.21. The van der Waals surface area contributed by atoms with Crippen LogP contribution in [0.1, 0.15) is 27.6 Å². The van der Waals surface area contributed by atoms with Gasteiger partial charge in [0, 0.05) is 35.9 Å². The molecule has 0 amide bonds. The van der Waals surface area contributed by atoms with Crippen LogP contribution in [0.4, 0.5) is 5.69 Å². The highest BCUT2D eigenvalue weighted by Crippen LogP contribution is 2.31. The Hall–Kier alpha value is -4.00. The molecular weight excluding hydrogens is 394 g/mol. The Morgan fingerprint density at radius 3 is 2.55 bits per heavy atom. The van der Waals surface area contributed by atoms with E-state index in [0.29, 0.717) is 23.4 Å². The first kappa shape index (κ1) is 20.3. The van der Waals surface area contributed by atoms with Crippen LogP contribution in [0.3, 0.4) is 0 Å². The molecule has 0 radical (unpaired) electrons. The van der Waals surface area contributed by atoms with E-state index < -0.39 is 11.9 Å². The lowest BCUT2D eigenvalue weighted by atomic mass is 10.0. The summed E-state index contributed by atoms with van der Waals surface area (Å²) < 4.78 is 10.5. The smallest absolute Gasteiger partial charge is 0.341 e. The number of ether oxygens (including phenoxy) is 2. The Morgan fingerprint density at radius 2 is 1.74 bits per heavy atom. The predicted octanol–water partition coefficient (Wildman–Crippen LogP) is 4.23. The van der Waals surface area contributed by atoms with Crippen molar-refractivity contribution in [1.29, 1.82) is 0 Å². The van der Waals surface area contributed by atoms with Crippen LogP contribution in [0.25, 0.3) is 21.7 Å². The molecule has 0 aliphatic carbocycles. The van der Waals surface area contributed by atoms with Gasteiger partial charge in [0.05, 0.1) is 23.4 Å². The molecular formula is C24H21N3O4. The molecule has 4 aromatic rings. The van der Waals surface area contributed by atoms with E-state index in [1.165, 1.54) is 18.6 Å². The average molecular weight is 415 g/mol. The van der Waals surface area contributed by atoms with Crippen LogP contribution < -0.4 is 5.32 Å². The highest BCUT2D eigenvalue weighted by molar-refractivity contribution is 6.13. The van der Waals surface area contributed by atoms with Crippen LogP contribution >= 0.6 is 0 Å². The number of aromatic nitrogens is 2. The number of fused-ring (bicyclic) bond motifs is 3. The Kier molecular flexibility index (Phi) is 6.03. The van der Waals surface area contributed by atoms with Crippen LogP contribution in [0.5, 0.6) is 0 Å². The van der Waals surface area contributed by atoms with E-state index in [9.17, 15) is 9.59 Å². The van der Waals surface area contributed by atoms with Crippen LogP contribution in [-0.4, -0.2) is 41.7 Å². The van der Waals surface area contributed by atoms with E-state index in [-0.39, 0.29) is 13.2 Å². The zero-order chi connectivity index (χ0) is 21.6. The molecule has 0 aliphatic rings. The molecule has 2 aromatic carbocycles. The lowest BCUT2D eigenvalue weighted by Gasteiger charge is -2.15. The lowest BCUT2D eigenvalue weighted by molar-refractivity contribution is 0.0510. The van der Waals surface area contributed by atoms with Gasteiger partial charge in [0.1, 0.15) is 12.2 Å². The minimum Gasteiger partial charge on any atom is -0.462 e. The van der Waals surface area contributed by atoms with Crippen molar-refractivity contribution in [3.05, 3.63) is 78.2 Å². The number of benzene rings is 2. The van der Waals surface area contributed by atoms with Gasteiger partial charge in [0.2, 0.25) is 0 Å². The third kappa shape index (κ3) is 4.30. The number of nitrogens with zero attached hydrogens (tertiary/aromatic N) is 2. The van der Waals surface area contributed by atoms with Gasteiger partial charge >= 0.3 is 11.9 Å². The summed E-state index contributed by atoms with van der Waals surface area (Å²) in [6.07, 6.45) is 4.60. The molecule has 0 atom stereocenters. The summed E-state index contributed by atoms with van der Waals surface area (Å²) in [5.74, 6) is -0.887. The molecule has 31 heavy (non-hydrogen) atoms. The van der Waals surface area contributed by atoms with Crippen LogP contribution in [-0.2, 0) is 9.47 Å². The summed E-state index contributed by atoms with van der Waals surface area (Å²) in [7, 11) is 0. The number of hydrogen-bond acceptors (Lipinski definition) is 7. The summed E-state index contributed by atoms with van der Waals surface area (Å²) in [4.78, 5) is 33.0. The second-order valence-corrected chi connectivity index (χ2v) is 6.75. The van der Waals surface area contributed by atoms with Gasteiger partial charge in [0.25, 0.3) is 0 Å². The molecule has 7 heteroatoms. The van der Waals surface area contributed by atoms with Gasteiger partial charge in [-0.15, -0.1) is 0 Å². The fraction of sp³-hybridized carbons (Fsp3) is 0.167. The maximum atomic E-state index is 12.5. The monoisotopic (exact) mass is 415 g/mol.